The summed E-state index contributed by atoms with van der Waals surface area (Å²) in [5.41, 5.74) is 2.13. The Balaban J connectivity index is 1.67. The van der Waals surface area contributed by atoms with Crippen LogP contribution in [0, 0.1) is 0 Å². The zero-order chi connectivity index (χ0) is 17.1. The van der Waals surface area contributed by atoms with Gasteiger partial charge in [0, 0.05) is 11.1 Å². The van der Waals surface area contributed by atoms with E-state index in [1.807, 2.05) is 54.2 Å². The van der Waals surface area contributed by atoms with Crippen molar-refractivity contribution in [2.24, 2.45) is 4.99 Å². The molecule has 3 nitrogen and oxygen atoms in total. The number of nitrogens with one attached hydrogen (secondary N) is 1. The fraction of sp³-hybridized carbons (Fsp3) is 0.286. The molecule has 0 radical (unpaired) electrons. The van der Waals surface area contributed by atoms with Crippen LogP contribution in [0.15, 0.2) is 59.6 Å². The number of fused-ring (bicyclic) bond motifs is 1. The zero-order valence-electron chi connectivity index (χ0n) is 14.4. The van der Waals surface area contributed by atoms with Crippen molar-refractivity contribution in [2.75, 3.05) is 5.75 Å². The lowest BCUT2D eigenvalue weighted by molar-refractivity contribution is 0.487. The smallest absolute Gasteiger partial charge is 0.151 e. The molecule has 25 heavy (non-hydrogen) atoms. The maximum Gasteiger partial charge on any atom is 0.151 e. The number of nitrogens with zero attached hydrogens (tertiary/aromatic N) is 1. The molecule has 1 aromatic heterocycles. The molecule has 0 bridgehead atoms. The largest absolute Gasteiger partial charge is 0.455 e. The van der Waals surface area contributed by atoms with E-state index < -0.39 is 0 Å². The van der Waals surface area contributed by atoms with Crippen LogP contribution in [0.25, 0.3) is 10.9 Å². The van der Waals surface area contributed by atoms with Crippen molar-refractivity contribution in [1.82, 2.24) is 4.98 Å². The van der Waals surface area contributed by atoms with Gasteiger partial charge in [0.1, 0.15) is 10.8 Å². The normalized spacial score (nSPS) is 17.5. The Morgan fingerprint density at radius 1 is 1.16 bits per heavy atom. The summed E-state index contributed by atoms with van der Waals surface area (Å²) in [5, 5.41) is 2.29. The number of hydrogen-bond acceptors (Lipinski definition) is 3. The molecule has 0 saturated heterocycles. The molecule has 1 aliphatic rings. The number of para-hydroxylation sites is 2. The molecule has 1 N–H and O–H groups in total. The number of rotatable bonds is 5. The Kier molecular flexibility index (Phi) is 4.79. The molecule has 0 spiro atoms. The van der Waals surface area contributed by atoms with Gasteiger partial charge in [0.2, 0.25) is 0 Å². The van der Waals surface area contributed by atoms with Crippen LogP contribution < -0.4 is 4.74 Å². The maximum absolute atomic E-state index is 6.07. The van der Waals surface area contributed by atoms with E-state index in [9.17, 15) is 0 Å². The lowest BCUT2D eigenvalue weighted by Gasteiger charge is -2.18. The summed E-state index contributed by atoms with van der Waals surface area (Å²) in [5.74, 6) is 2.84. The van der Waals surface area contributed by atoms with Gasteiger partial charge < -0.3 is 9.72 Å². The van der Waals surface area contributed by atoms with Crippen LogP contribution >= 0.6 is 11.8 Å². The summed E-state index contributed by atoms with van der Waals surface area (Å²) < 4.78 is 6.07. The second kappa shape index (κ2) is 7.36. The van der Waals surface area contributed by atoms with E-state index in [0.717, 1.165) is 38.9 Å². The molecule has 1 unspecified atom stereocenters. The second-order valence-corrected chi connectivity index (χ2v) is 7.42. The molecule has 2 aromatic carbocycles. The highest BCUT2D eigenvalue weighted by Gasteiger charge is 2.18. The van der Waals surface area contributed by atoms with Crippen LogP contribution in [0.1, 0.15) is 31.9 Å². The van der Waals surface area contributed by atoms with Gasteiger partial charge in [-0.15, -0.1) is 11.8 Å². The summed E-state index contributed by atoms with van der Waals surface area (Å²) in [7, 11) is 0. The van der Waals surface area contributed by atoms with E-state index >= 15 is 0 Å². The first-order chi connectivity index (χ1) is 12.3. The topological polar surface area (TPSA) is 37.4 Å². The van der Waals surface area contributed by atoms with Crippen LogP contribution in [-0.2, 0) is 0 Å². The number of H-pyrrole nitrogens is 1. The van der Waals surface area contributed by atoms with Gasteiger partial charge in [0.05, 0.1) is 17.3 Å². The van der Waals surface area contributed by atoms with Gasteiger partial charge in [-0.1, -0.05) is 43.7 Å². The third-order valence-corrected chi connectivity index (χ3v) is 5.47. The average molecular weight is 350 g/mol. The molecule has 128 valence electrons. The van der Waals surface area contributed by atoms with Crippen molar-refractivity contribution in [2.45, 2.75) is 32.2 Å². The molecule has 2 heterocycles. The van der Waals surface area contributed by atoms with Gasteiger partial charge in [0.25, 0.3) is 0 Å². The first-order valence-corrected chi connectivity index (χ1v) is 9.87. The van der Waals surface area contributed by atoms with E-state index in [0.29, 0.717) is 6.04 Å². The Labute approximate surface area is 152 Å². The minimum absolute atomic E-state index is 0.465. The number of benzene rings is 2. The molecule has 1 atom stereocenters. The van der Waals surface area contributed by atoms with Crippen molar-refractivity contribution in [1.29, 1.82) is 0 Å². The van der Waals surface area contributed by atoms with Gasteiger partial charge in [-0.05, 0) is 37.1 Å². The third-order valence-electron chi connectivity index (χ3n) is 4.43. The molecule has 1 aliphatic heterocycles. The van der Waals surface area contributed by atoms with Crippen LogP contribution in [-0.4, -0.2) is 21.8 Å². The highest BCUT2D eigenvalue weighted by atomic mass is 32.2. The lowest BCUT2D eigenvalue weighted by Crippen LogP contribution is -2.15. The monoisotopic (exact) mass is 350 g/mol. The summed E-state index contributed by atoms with van der Waals surface area (Å²) in [6.45, 7) is 2.23. The number of hydrogen-bond donors (Lipinski definition) is 1. The molecular weight excluding hydrogens is 328 g/mol. The first kappa shape index (κ1) is 16.3. The Bertz CT molecular complexity index is 885. The minimum Gasteiger partial charge on any atom is -0.455 e. The fourth-order valence-corrected chi connectivity index (χ4v) is 4.27. The summed E-state index contributed by atoms with van der Waals surface area (Å²) >= 11 is 1.85. The third kappa shape index (κ3) is 3.59. The lowest BCUT2D eigenvalue weighted by atomic mass is 10.1. The highest BCUT2D eigenvalue weighted by molar-refractivity contribution is 8.14. The predicted molar refractivity (Wildman–Crippen MR) is 107 cm³/mol. The van der Waals surface area contributed by atoms with E-state index in [4.69, 9.17) is 9.73 Å². The van der Waals surface area contributed by atoms with Gasteiger partial charge in [-0.25, -0.2) is 0 Å². The van der Waals surface area contributed by atoms with Gasteiger partial charge >= 0.3 is 0 Å². The van der Waals surface area contributed by atoms with Crippen molar-refractivity contribution in [3.05, 3.63) is 60.3 Å². The SMILES string of the molecule is CCCC1CCSC(c2cc3cccc(Oc4ccccc4)c3[nH]2)=N1. The minimum atomic E-state index is 0.465. The number of aromatic nitrogens is 1. The number of aromatic amines is 1. The Hall–Kier alpha value is -2.20. The number of ether oxygens (including phenoxy) is 1. The van der Waals surface area contributed by atoms with Crippen molar-refractivity contribution < 1.29 is 4.74 Å². The van der Waals surface area contributed by atoms with E-state index in [1.54, 1.807) is 0 Å². The summed E-state index contributed by atoms with van der Waals surface area (Å²) in [4.78, 5) is 8.50. The van der Waals surface area contributed by atoms with E-state index in [2.05, 4.69) is 24.0 Å². The van der Waals surface area contributed by atoms with Crippen LogP contribution in [0.3, 0.4) is 0 Å². The number of thioether (sulfide) groups is 1. The fourth-order valence-electron chi connectivity index (χ4n) is 3.19. The molecule has 3 aromatic rings. The summed E-state index contributed by atoms with van der Waals surface area (Å²) in [6, 6.07) is 18.7. The Morgan fingerprint density at radius 3 is 2.88 bits per heavy atom. The van der Waals surface area contributed by atoms with Crippen LogP contribution in [0.2, 0.25) is 0 Å². The Morgan fingerprint density at radius 2 is 2.04 bits per heavy atom. The summed E-state index contributed by atoms with van der Waals surface area (Å²) in [6.07, 6.45) is 3.55. The standard InChI is InChI=1S/C21H22N2OS/c1-2-7-16-12-13-25-21(22-16)18-14-15-8-6-11-19(20(15)23-18)24-17-9-4-3-5-10-17/h3-6,8-11,14,16,23H,2,7,12-13H2,1H3. The van der Waals surface area contributed by atoms with E-state index in [-0.39, 0.29) is 0 Å². The van der Waals surface area contributed by atoms with Gasteiger partial charge in [0.15, 0.2) is 5.75 Å². The molecule has 0 fully saturated rings. The van der Waals surface area contributed by atoms with Crippen molar-refractivity contribution >= 4 is 27.7 Å². The van der Waals surface area contributed by atoms with Crippen molar-refractivity contribution in [3.8, 4) is 11.5 Å². The first-order valence-electron chi connectivity index (χ1n) is 8.89. The zero-order valence-corrected chi connectivity index (χ0v) is 15.2. The number of aliphatic imine (C=N–C) groups is 1. The molecule has 4 heteroatoms. The van der Waals surface area contributed by atoms with Crippen LogP contribution in [0.4, 0.5) is 0 Å². The molecule has 0 aliphatic carbocycles. The van der Waals surface area contributed by atoms with Gasteiger partial charge in [-0.2, -0.15) is 0 Å². The molecule has 4 rings (SSSR count). The average Bonchev–Trinajstić information content (AvgIpc) is 3.09. The highest BCUT2D eigenvalue weighted by Crippen LogP contribution is 2.32. The van der Waals surface area contributed by atoms with E-state index in [1.165, 1.54) is 19.3 Å². The van der Waals surface area contributed by atoms with Crippen molar-refractivity contribution in [3.63, 3.8) is 0 Å². The van der Waals surface area contributed by atoms with Gasteiger partial charge in [-0.3, -0.25) is 4.99 Å². The maximum atomic E-state index is 6.07. The second-order valence-electron chi connectivity index (χ2n) is 6.33. The predicted octanol–water partition coefficient (Wildman–Crippen LogP) is 6.01. The van der Waals surface area contributed by atoms with Crippen LogP contribution in [0.5, 0.6) is 11.5 Å². The molecular formula is C21H22N2OS. The molecule has 0 amide bonds. The quantitative estimate of drug-likeness (QED) is 0.611. The molecule has 0 saturated carbocycles.